The van der Waals surface area contributed by atoms with Gasteiger partial charge in [-0.25, -0.2) is 0 Å². The van der Waals surface area contributed by atoms with E-state index in [-0.39, 0.29) is 18.8 Å². The van der Waals surface area contributed by atoms with Gasteiger partial charge in [-0.3, -0.25) is 4.79 Å². The minimum Gasteiger partial charge on any atom is -0.340 e. The molecule has 1 fully saturated rings. The second kappa shape index (κ2) is 7.48. The van der Waals surface area contributed by atoms with Crippen LogP contribution in [0.3, 0.4) is 0 Å². The van der Waals surface area contributed by atoms with Crippen LogP contribution in [0.2, 0.25) is 0 Å². The Morgan fingerprint density at radius 2 is 1.77 bits per heavy atom. The quantitative estimate of drug-likeness (QED) is 0.770. The summed E-state index contributed by atoms with van der Waals surface area (Å²) in [5.74, 6) is -0.357. The molecule has 1 unspecified atom stereocenters. The molecule has 1 heterocycles. The highest BCUT2D eigenvalue weighted by molar-refractivity contribution is 7.98. The van der Waals surface area contributed by atoms with Crippen molar-refractivity contribution in [3.8, 4) is 0 Å². The first kappa shape index (κ1) is 21.6. The van der Waals surface area contributed by atoms with Crippen molar-refractivity contribution < 1.29 is 31.1 Å². The van der Waals surface area contributed by atoms with Crippen molar-refractivity contribution in [3.05, 3.63) is 0 Å². The predicted molar refractivity (Wildman–Crippen MR) is 74.0 cm³/mol. The van der Waals surface area contributed by atoms with Gasteiger partial charge in [0.05, 0.1) is 6.04 Å². The molecule has 1 aliphatic heterocycles. The number of rotatable bonds is 4. The van der Waals surface area contributed by atoms with Crippen LogP contribution in [0.25, 0.3) is 0 Å². The van der Waals surface area contributed by atoms with Crippen molar-refractivity contribution in [2.45, 2.75) is 31.2 Å². The van der Waals surface area contributed by atoms with Crippen molar-refractivity contribution in [3.63, 3.8) is 0 Å². The summed E-state index contributed by atoms with van der Waals surface area (Å²) in [5.41, 5.74) is 1.67. The Bertz CT molecular complexity index is 376. The average Bonchev–Trinajstić information content (AvgIpc) is 2.80. The van der Waals surface area contributed by atoms with Gasteiger partial charge in [0.1, 0.15) is 0 Å². The minimum atomic E-state index is -5.45. The molecule has 1 rings (SSSR count). The summed E-state index contributed by atoms with van der Waals surface area (Å²) in [6.07, 6.45) is -10.1. The number of hydrogen-bond donors (Lipinski definition) is 1. The fraction of sp³-hybridized carbons (Fsp3) is 0.909. The van der Waals surface area contributed by atoms with Crippen molar-refractivity contribution in [2.75, 3.05) is 25.1 Å². The molecule has 3 nitrogen and oxygen atoms in total. The number of thioether (sulfide) groups is 1. The van der Waals surface area contributed by atoms with Gasteiger partial charge in [0.2, 0.25) is 5.91 Å². The lowest BCUT2D eigenvalue weighted by Crippen LogP contribution is -2.53. The molecule has 0 radical (unpaired) electrons. The number of likely N-dealkylation sites (tertiary alicyclic amines) is 1. The normalized spacial score (nSPS) is 19.7. The van der Waals surface area contributed by atoms with E-state index in [9.17, 15) is 31.1 Å². The van der Waals surface area contributed by atoms with Gasteiger partial charge in [0.25, 0.3) is 0 Å². The Hall–Kier alpha value is -0.350. The SMILES string of the molecule is CSCCC(N)C(=O)N1CCC(C(F)(F)F)(C(F)(F)F)C1.Cl. The third-order valence-electron chi connectivity index (χ3n) is 3.62. The molecule has 22 heavy (non-hydrogen) atoms. The molecular formula is C11H17ClF6N2OS. The maximum Gasteiger partial charge on any atom is 0.404 e. The highest BCUT2D eigenvalue weighted by Gasteiger charge is 2.72. The van der Waals surface area contributed by atoms with Crippen LogP contribution in [-0.4, -0.2) is 54.3 Å². The molecule has 1 amide bonds. The van der Waals surface area contributed by atoms with Crippen LogP contribution < -0.4 is 5.73 Å². The third kappa shape index (κ3) is 4.14. The van der Waals surface area contributed by atoms with Crippen LogP contribution in [0.1, 0.15) is 12.8 Å². The first-order valence-electron chi connectivity index (χ1n) is 6.13. The zero-order chi connectivity index (χ0) is 16.5. The van der Waals surface area contributed by atoms with Crippen LogP contribution in [-0.2, 0) is 4.79 Å². The van der Waals surface area contributed by atoms with E-state index in [0.717, 1.165) is 0 Å². The first-order chi connectivity index (χ1) is 9.46. The second-order valence-electron chi connectivity index (χ2n) is 4.98. The summed E-state index contributed by atoms with van der Waals surface area (Å²) in [6, 6.07) is -1.07. The predicted octanol–water partition coefficient (Wildman–Crippen LogP) is 2.83. The van der Waals surface area contributed by atoms with Gasteiger partial charge in [-0.2, -0.15) is 38.1 Å². The minimum absolute atomic E-state index is 0. The third-order valence-corrected chi connectivity index (χ3v) is 4.26. The lowest BCUT2D eigenvalue weighted by Gasteiger charge is -2.33. The van der Waals surface area contributed by atoms with E-state index in [4.69, 9.17) is 5.73 Å². The summed E-state index contributed by atoms with van der Waals surface area (Å²) in [7, 11) is 0. The van der Waals surface area contributed by atoms with Crippen LogP contribution in [0.5, 0.6) is 0 Å². The maximum atomic E-state index is 12.9. The maximum absolute atomic E-state index is 12.9. The van der Waals surface area contributed by atoms with Gasteiger partial charge in [0.15, 0.2) is 5.41 Å². The lowest BCUT2D eigenvalue weighted by atomic mass is 9.85. The molecule has 0 aromatic rings. The number of carbonyl (C=O) groups excluding carboxylic acids is 1. The number of hydrogen-bond acceptors (Lipinski definition) is 3. The number of amides is 1. The Kier molecular flexibility index (Phi) is 7.36. The number of halogens is 7. The van der Waals surface area contributed by atoms with E-state index in [1.54, 1.807) is 6.26 Å². The van der Waals surface area contributed by atoms with Crippen LogP contribution in [0.15, 0.2) is 0 Å². The lowest BCUT2D eigenvalue weighted by molar-refractivity contribution is -0.334. The first-order valence-corrected chi connectivity index (χ1v) is 7.52. The summed E-state index contributed by atoms with van der Waals surface area (Å²) >= 11 is 1.39. The molecule has 0 bridgehead atoms. The zero-order valence-electron chi connectivity index (χ0n) is 11.6. The molecule has 2 N–H and O–H groups in total. The van der Waals surface area contributed by atoms with E-state index in [0.29, 0.717) is 10.7 Å². The number of alkyl halides is 6. The highest BCUT2D eigenvalue weighted by Crippen LogP contribution is 2.55. The topological polar surface area (TPSA) is 46.3 Å². The number of nitrogens with zero attached hydrogens (tertiary/aromatic N) is 1. The fourth-order valence-corrected chi connectivity index (χ4v) is 2.71. The number of carbonyl (C=O) groups is 1. The largest absolute Gasteiger partial charge is 0.404 e. The van der Waals surface area contributed by atoms with Crippen LogP contribution in [0.4, 0.5) is 26.3 Å². The van der Waals surface area contributed by atoms with Crippen molar-refractivity contribution >= 4 is 30.1 Å². The molecule has 0 aromatic carbocycles. The molecular weight excluding hydrogens is 358 g/mol. The van der Waals surface area contributed by atoms with Gasteiger partial charge >= 0.3 is 12.4 Å². The molecule has 132 valence electrons. The summed E-state index contributed by atoms with van der Waals surface area (Å²) in [6.45, 7) is -2.00. The molecule has 1 aliphatic rings. The Morgan fingerprint density at radius 3 is 2.14 bits per heavy atom. The van der Waals surface area contributed by atoms with Crippen molar-refractivity contribution in [1.29, 1.82) is 0 Å². The van der Waals surface area contributed by atoms with Crippen LogP contribution >= 0.6 is 24.2 Å². The highest BCUT2D eigenvalue weighted by atomic mass is 35.5. The fourth-order valence-electron chi connectivity index (χ4n) is 2.22. The molecule has 1 saturated heterocycles. The molecule has 1 atom stereocenters. The molecule has 0 spiro atoms. The molecule has 0 saturated carbocycles. The van der Waals surface area contributed by atoms with E-state index in [1.165, 1.54) is 11.8 Å². The van der Waals surface area contributed by atoms with Gasteiger partial charge in [0, 0.05) is 13.1 Å². The summed E-state index contributed by atoms with van der Waals surface area (Å²) in [5, 5.41) is 0. The Labute approximate surface area is 134 Å². The van der Waals surface area contributed by atoms with Gasteiger partial charge in [-0.1, -0.05) is 0 Å². The van der Waals surface area contributed by atoms with E-state index >= 15 is 0 Å². The summed E-state index contributed by atoms with van der Waals surface area (Å²) < 4.78 is 77.2. The molecule has 0 aromatic heterocycles. The monoisotopic (exact) mass is 374 g/mol. The van der Waals surface area contributed by atoms with Gasteiger partial charge in [-0.15, -0.1) is 12.4 Å². The van der Waals surface area contributed by atoms with Gasteiger partial charge < -0.3 is 10.6 Å². The standard InChI is InChI=1S/C11H16F6N2OS.ClH/c1-21-5-2-7(18)8(20)19-4-3-9(6-19,10(12,13)14)11(15,16)17;/h7H,2-6,18H2,1H3;1H. The van der Waals surface area contributed by atoms with Gasteiger partial charge in [-0.05, 0) is 24.9 Å². The second-order valence-corrected chi connectivity index (χ2v) is 5.96. The van der Waals surface area contributed by atoms with E-state index < -0.39 is 49.2 Å². The Balaban J connectivity index is 0.00000441. The molecule has 11 heteroatoms. The van der Waals surface area contributed by atoms with Crippen molar-refractivity contribution in [2.24, 2.45) is 11.1 Å². The average molecular weight is 375 g/mol. The van der Waals surface area contributed by atoms with E-state index in [1.807, 2.05) is 0 Å². The molecule has 0 aliphatic carbocycles. The van der Waals surface area contributed by atoms with Crippen molar-refractivity contribution in [1.82, 2.24) is 4.90 Å². The summed E-state index contributed by atoms with van der Waals surface area (Å²) in [4.78, 5) is 12.4. The van der Waals surface area contributed by atoms with Crippen LogP contribution in [0, 0.1) is 5.41 Å². The Morgan fingerprint density at radius 1 is 1.27 bits per heavy atom. The smallest absolute Gasteiger partial charge is 0.340 e. The number of nitrogens with two attached hydrogens (primary N) is 1. The van der Waals surface area contributed by atoms with E-state index in [2.05, 4.69) is 0 Å². The zero-order valence-corrected chi connectivity index (χ0v) is 13.3.